The van der Waals surface area contributed by atoms with Gasteiger partial charge in [-0.25, -0.2) is 31.7 Å². The van der Waals surface area contributed by atoms with Crippen LogP contribution in [0.5, 0.6) is 0 Å². The number of nitrogens with zero attached hydrogens (tertiary/aromatic N) is 2. The Balaban J connectivity index is 1.71. The van der Waals surface area contributed by atoms with Crippen LogP contribution in [0.4, 0.5) is 17.5 Å². The highest BCUT2D eigenvalue weighted by Crippen LogP contribution is 2.25. The Bertz CT molecular complexity index is 1450. The van der Waals surface area contributed by atoms with E-state index in [4.69, 9.17) is 5.14 Å². The van der Waals surface area contributed by atoms with Crippen LogP contribution in [0.25, 0.3) is 0 Å². The number of hydrogen-bond acceptors (Lipinski definition) is 9. The molecule has 0 spiro atoms. The molecule has 0 bridgehead atoms. The first kappa shape index (κ1) is 28.9. The van der Waals surface area contributed by atoms with Crippen molar-refractivity contribution in [3.63, 3.8) is 0 Å². The van der Waals surface area contributed by atoms with Crippen LogP contribution in [0.3, 0.4) is 0 Å². The second kappa shape index (κ2) is 12.3. The Morgan fingerprint density at radius 1 is 1.11 bits per heavy atom. The van der Waals surface area contributed by atoms with E-state index in [0.717, 1.165) is 5.56 Å². The van der Waals surface area contributed by atoms with Crippen molar-refractivity contribution in [1.29, 1.82) is 0 Å². The zero-order valence-corrected chi connectivity index (χ0v) is 23.5. The predicted molar refractivity (Wildman–Crippen MR) is 146 cm³/mol. The maximum Gasteiger partial charge on any atom is 0.240 e. The van der Waals surface area contributed by atoms with Crippen LogP contribution >= 0.6 is 15.9 Å². The Labute approximate surface area is 225 Å². The van der Waals surface area contributed by atoms with Crippen LogP contribution in [0.2, 0.25) is 0 Å². The third-order valence-electron chi connectivity index (χ3n) is 5.49. The Morgan fingerprint density at radius 2 is 1.81 bits per heavy atom. The molecule has 0 aliphatic rings. The zero-order chi connectivity index (χ0) is 27.2. The van der Waals surface area contributed by atoms with Gasteiger partial charge in [0, 0.05) is 18.4 Å². The van der Waals surface area contributed by atoms with Crippen LogP contribution in [0.1, 0.15) is 24.5 Å². The molecule has 37 heavy (non-hydrogen) atoms. The molecule has 0 saturated heterocycles. The number of aromatic nitrogens is 2. The molecule has 3 aromatic rings. The van der Waals surface area contributed by atoms with Crippen LogP contribution in [0, 0.1) is 6.92 Å². The number of rotatable bonds is 12. The number of anilines is 3. The zero-order valence-electron chi connectivity index (χ0n) is 20.3. The molecule has 3 rings (SSSR count). The van der Waals surface area contributed by atoms with Gasteiger partial charge in [-0.1, -0.05) is 25.1 Å². The van der Waals surface area contributed by atoms with Crippen molar-refractivity contribution in [3.8, 4) is 0 Å². The lowest BCUT2D eigenvalue weighted by atomic mass is 10.2. The third kappa shape index (κ3) is 7.93. The van der Waals surface area contributed by atoms with Crippen molar-refractivity contribution < 1.29 is 21.9 Å². The summed E-state index contributed by atoms with van der Waals surface area (Å²) in [6.07, 6.45) is 2.61. The maximum atomic E-state index is 13.0. The van der Waals surface area contributed by atoms with Gasteiger partial charge in [-0.15, -0.1) is 0 Å². The lowest BCUT2D eigenvalue weighted by molar-refractivity contribution is 0.271. The van der Waals surface area contributed by atoms with Crippen LogP contribution < -0.4 is 20.5 Å². The first-order chi connectivity index (χ1) is 17.4. The Kier molecular flexibility index (Phi) is 9.61. The summed E-state index contributed by atoms with van der Waals surface area (Å²) in [5, 5.41) is 20.7. The van der Waals surface area contributed by atoms with E-state index in [1.54, 1.807) is 37.4 Å². The van der Waals surface area contributed by atoms with Crippen molar-refractivity contribution in [2.45, 2.75) is 42.5 Å². The van der Waals surface area contributed by atoms with E-state index >= 15 is 0 Å². The average molecular weight is 614 g/mol. The average Bonchev–Trinajstić information content (AvgIpc) is 2.85. The van der Waals surface area contributed by atoms with Crippen LogP contribution in [0.15, 0.2) is 62.9 Å². The lowest BCUT2D eigenvalue weighted by Crippen LogP contribution is -2.26. The fourth-order valence-corrected chi connectivity index (χ4v) is 5.47. The lowest BCUT2D eigenvalue weighted by Gasteiger charge is -2.17. The number of sulfonamides is 2. The standard InChI is InChI=1S/C23H29BrN6O5S2/c1-3-17(14-31)28-22-20(24)13-26-23(30-22)29-18-7-4-15(2)21(12-18)37(34,35)27-11-10-16-5-8-19(9-6-16)36(25,32)33/h4-9,12-13,17,27,31H,3,10-11,14H2,1-2H3,(H2,25,32,33)(H2,26,28,29,30)/t17-/m1/s1. The Hall–Kier alpha value is -2.62. The number of benzene rings is 2. The summed E-state index contributed by atoms with van der Waals surface area (Å²) in [6.45, 7) is 3.70. The van der Waals surface area contributed by atoms with E-state index in [9.17, 15) is 21.9 Å². The van der Waals surface area contributed by atoms with Crippen molar-refractivity contribution in [1.82, 2.24) is 14.7 Å². The molecule has 11 nitrogen and oxygen atoms in total. The minimum Gasteiger partial charge on any atom is -0.394 e. The molecular formula is C23H29BrN6O5S2. The second-order valence-corrected chi connectivity index (χ2v) is 12.4. The van der Waals surface area contributed by atoms with E-state index in [1.807, 2.05) is 6.92 Å². The monoisotopic (exact) mass is 612 g/mol. The van der Waals surface area contributed by atoms with E-state index in [0.29, 0.717) is 34.4 Å². The number of aryl methyl sites for hydroxylation is 1. The third-order valence-corrected chi connectivity index (χ3v) is 8.60. The first-order valence-electron chi connectivity index (χ1n) is 11.3. The number of halogens is 1. The minimum absolute atomic E-state index is 0.00648. The number of nitrogens with two attached hydrogens (primary N) is 1. The van der Waals surface area contributed by atoms with Crippen LogP contribution in [-0.2, 0) is 26.5 Å². The van der Waals surface area contributed by atoms with Crippen molar-refractivity contribution in [2.24, 2.45) is 5.14 Å². The topological polar surface area (TPSA) is 176 Å². The van der Waals surface area contributed by atoms with Gasteiger partial charge in [0.25, 0.3) is 0 Å². The van der Waals surface area contributed by atoms with Gasteiger partial charge in [-0.05, 0) is 71.1 Å². The van der Waals surface area contributed by atoms with Gasteiger partial charge >= 0.3 is 0 Å². The predicted octanol–water partition coefficient (Wildman–Crippen LogP) is 2.64. The summed E-state index contributed by atoms with van der Waals surface area (Å²) in [4.78, 5) is 8.74. The summed E-state index contributed by atoms with van der Waals surface area (Å²) in [5.74, 6) is 0.749. The molecule has 2 aromatic carbocycles. The number of nitrogens with one attached hydrogen (secondary N) is 3. The van der Waals surface area contributed by atoms with Gasteiger partial charge in [-0.2, -0.15) is 4.98 Å². The van der Waals surface area contributed by atoms with E-state index < -0.39 is 20.0 Å². The number of aliphatic hydroxyl groups excluding tert-OH is 1. The van der Waals surface area contributed by atoms with Gasteiger partial charge in [-0.3, -0.25) is 0 Å². The highest BCUT2D eigenvalue weighted by atomic mass is 79.9. The first-order valence-corrected chi connectivity index (χ1v) is 15.1. The molecule has 1 heterocycles. The molecule has 200 valence electrons. The molecule has 14 heteroatoms. The summed E-state index contributed by atoms with van der Waals surface area (Å²) in [7, 11) is -7.63. The van der Waals surface area contributed by atoms with Gasteiger partial charge in [0.2, 0.25) is 26.0 Å². The molecular weight excluding hydrogens is 584 g/mol. The number of aliphatic hydroxyl groups is 1. The van der Waals surface area contributed by atoms with Gasteiger partial charge in [0.1, 0.15) is 5.82 Å². The molecule has 1 aromatic heterocycles. The molecule has 0 radical (unpaired) electrons. The maximum absolute atomic E-state index is 13.0. The normalized spacial score (nSPS) is 12.8. The summed E-state index contributed by atoms with van der Waals surface area (Å²) < 4.78 is 52.0. The molecule has 0 aliphatic carbocycles. The van der Waals surface area contributed by atoms with E-state index in [1.165, 1.54) is 18.2 Å². The molecule has 1 atom stereocenters. The van der Waals surface area contributed by atoms with E-state index in [2.05, 4.69) is 41.3 Å². The van der Waals surface area contributed by atoms with Crippen molar-refractivity contribution >= 4 is 53.4 Å². The van der Waals surface area contributed by atoms with Crippen molar-refractivity contribution in [2.75, 3.05) is 23.8 Å². The SMILES string of the molecule is CC[C@H](CO)Nc1nc(Nc2ccc(C)c(S(=O)(=O)NCCc3ccc(S(N)(=O)=O)cc3)c2)ncc1Br. The van der Waals surface area contributed by atoms with Crippen LogP contribution in [-0.4, -0.2) is 51.1 Å². The fraction of sp³-hybridized carbons (Fsp3) is 0.304. The smallest absolute Gasteiger partial charge is 0.240 e. The summed E-state index contributed by atoms with van der Waals surface area (Å²) in [5.41, 5.74) is 1.79. The Morgan fingerprint density at radius 3 is 2.43 bits per heavy atom. The molecule has 0 unspecified atom stereocenters. The number of hydrogen-bond donors (Lipinski definition) is 5. The largest absolute Gasteiger partial charge is 0.394 e. The highest BCUT2D eigenvalue weighted by Gasteiger charge is 2.18. The molecule has 6 N–H and O–H groups in total. The number of primary sulfonamides is 1. The molecule has 0 saturated carbocycles. The summed E-state index contributed by atoms with van der Waals surface area (Å²) >= 11 is 3.39. The minimum atomic E-state index is -3.84. The quantitative estimate of drug-likeness (QED) is 0.206. The molecule has 0 fully saturated rings. The summed E-state index contributed by atoms with van der Waals surface area (Å²) in [6, 6.07) is 10.7. The fourth-order valence-electron chi connectivity index (χ4n) is 3.35. The van der Waals surface area contributed by atoms with Gasteiger partial charge in [0.05, 0.1) is 26.9 Å². The second-order valence-electron chi connectivity index (χ2n) is 8.26. The van der Waals surface area contributed by atoms with Gasteiger partial charge < -0.3 is 15.7 Å². The van der Waals surface area contributed by atoms with E-state index in [-0.39, 0.29) is 34.9 Å². The van der Waals surface area contributed by atoms with Crippen molar-refractivity contribution in [3.05, 3.63) is 64.3 Å². The molecule has 0 amide bonds. The highest BCUT2D eigenvalue weighted by molar-refractivity contribution is 9.10. The molecule has 0 aliphatic heterocycles. The van der Waals surface area contributed by atoms with Gasteiger partial charge in [0.15, 0.2) is 0 Å².